The molecule has 302 valence electrons. The van der Waals surface area contributed by atoms with Crippen molar-refractivity contribution in [1.82, 2.24) is 0 Å². The molecule has 0 radical (unpaired) electrons. The molecule has 0 aliphatic heterocycles. The highest BCUT2D eigenvalue weighted by Crippen LogP contribution is 2.34. The Kier molecular flexibility index (Phi) is 29.7. The van der Waals surface area contributed by atoms with Crippen LogP contribution >= 0.6 is 0 Å². The van der Waals surface area contributed by atoms with Crippen LogP contribution in [0.5, 0.6) is 11.5 Å². The van der Waals surface area contributed by atoms with E-state index in [2.05, 4.69) is 0 Å². The molecule has 2 unspecified atom stereocenters. The molecule has 0 saturated heterocycles. The van der Waals surface area contributed by atoms with Gasteiger partial charge in [-0.05, 0) is 58.7 Å². The van der Waals surface area contributed by atoms with Crippen LogP contribution in [0.3, 0.4) is 0 Å². The molecule has 0 aliphatic carbocycles. The summed E-state index contributed by atoms with van der Waals surface area (Å²) in [5.74, 6) is 1.05. The molecular weight excluding hydrogens is 697 g/mol. The minimum atomic E-state index is -0.550. The molecule has 0 fully saturated rings. The van der Waals surface area contributed by atoms with E-state index in [0.717, 1.165) is 33.4 Å². The van der Waals surface area contributed by atoms with Gasteiger partial charge in [-0.15, -0.1) is 0 Å². The first-order valence-electron chi connectivity index (χ1n) is 19.7. The molecule has 5 rings (SSSR count). The monoisotopic (exact) mass is 762 g/mol. The molecule has 0 spiro atoms. The first-order chi connectivity index (χ1) is 27.0. The Balaban J connectivity index is 0. The fourth-order valence-corrected chi connectivity index (χ4v) is 4.38. The Labute approximate surface area is 338 Å². The van der Waals surface area contributed by atoms with Crippen LogP contribution in [0.25, 0.3) is 0 Å². The minimum absolute atomic E-state index is 0.0597. The van der Waals surface area contributed by atoms with Crippen LogP contribution in [0.1, 0.15) is 126 Å². The Bertz CT molecular complexity index is 1610. The smallest absolute Gasteiger partial charge is 0.193 e. The average molecular weight is 763 g/mol. The standard InChI is InChI=1S/C16H22O4.2C13H10O.4C2H6/c1-9-7-10(2)16(20-14(6)12(4)18)15(8-9)19-13(5)11(3)17;2*14-13(11-7-3-1-4-8-11)12-9-5-2-6-10-12;4*1-2/h7-8,13-14H,1-6H3;2*1-10H;4*1-2H3. The Hall–Kier alpha value is -5.62. The van der Waals surface area contributed by atoms with E-state index in [0.29, 0.717) is 11.5 Å². The second-order valence-corrected chi connectivity index (χ2v) is 11.3. The number of hydrogen-bond donors (Lipinski definition) is 0. The summed E-state index contributed by atoms with van der Waals surface area (Å²) in [7, 11) is 0. The summed E-state index contributed by atoms with van der Waals surface area (Å²) in [5.41, 5.74) is 4.83. The molecule has 0 aliphatic rings. The number of rotatable bonds is 10. The van der Waals surface area contributed by atoms with Crippen molar-refractivity contribution in [3.8, 4) is 11.5 Å². The molecule has 2 atom stereocenters. The molecule has 56 heavy (non-hydrogen) atoms. The minimum Gasteiger partial charge on any atom is -0.479 e. The lowest BCUT2D eigenvalue weighted by Crippen LogP contribution is -2.24. The van der Waals surface area contributed by atoms with Gasteiger partial charge < -0.3 is 9.47 Å². The molecule has 0 aromatic heterocycles. The summed E-state index contributed by atoms with van der Waals surface area (Å²) in [6.07, 6.45) is -1.10. The number of ether oxygens (including phenoxy) is 2. The zero-order chi connectivity index (χ0) is 43.1. The molecule has 0 heterocycles. The van der Waals surface area contributed by atoms with Crippen LogP contribution in [-0.2, 0) is 9.59 Å². The highest BCUT2D eigenvalue weighted by atomic mass is 16.5. The summed E-state index contributed by atoms with van der Waals surface area (Å²) in [5, 5.41) is 0. The van der Waals surface area contributed by atoms with E-state index < -0.39 is 12.2 Å². The molecule has 6 heteroatoms. The summed E-state index contributed by atoms with van der Waals surface area (Å²) < 4.78 is 11.4. The van der Waals surface area contributed by atoms with Crippen molar-refractivity contribution in [3.63, 3.8) is 0 Å². The lowest BCUT2D eigenvalue weighted by molar-refractivity contribution is -0.124. The van der Waals surface area contributed by atoms with Gasteiger partial charge in [-0.3, -0.25) is 19.2 Å². The quantitative estimate of drug-likeness (QED) is 0.132. The van der Waals surface area contributed by atoms with Gasteiger partial charge in [0.05, 0.1) is 0 Å². The number of Topliss-reactive ketones (excluding diaryl/α,β-unsaturated/α-hetero) is 2. The molecule has 0 bridgehead atoms. The van der Waals surface area contributed by atoms with E-state index in [1.807, 2.05) is 203 Å². The normalized spacial score (nSPS) is 10.1. The second kappa shape index (κ2) is 31.7. The highest BCUT2D eigenvalue weighted by molar-refractivity contribution is 6.09. The highest BCUT2D eigenvalue weighted by Gasteiger charge is 2.19. The number of ketones is 4. The van der Waals surface area contributed by atoms with Gasteiger partial charge in [0.15, 0.2) is 46.8 Å². The third kappa shape index (κ3) is 19.6. The van der Waals surface area contributed by atoms with Gasteiger partial charge in [-0.1, -0.05) is 183 Å². The van der Waals surface area contributed by atoms with Gasteiger partial charge in [0.1, 0.15) is 0 Å². The van der Waals surface area contributed by atoms with Crippen LogP contribution in [-0.4, -0.2) is 35.3 Å². The van der Waals surface area contributed by atoms with Gasteiger partial charge in [-0.25, -0.2) is 0 Å². The summed E-state index contributed by atoms with van der Waals surface area (Å²) in [6, 6.07) is 41.0. The maximum atomic E-state index is 11.8. The number of benzene rings is 5. The van der Waals surface area contributed by atoms with Gasteiger partial charge in [0.2, 0.25) is 0 Å². The zero-order valence-electron chi connectivity index (χ0n) is 36.3. The molecule has 0 saturated carbocycles. The van der Waals surface area contributed by atoms with E-state index >= 15 is 0 Å². The Morgan fingerprint density at radius 2 is 0.696 bits per heavy atom. The zero-order valence-corrected chi connectivity index (χ0v) is 36.3. The summed E-state index contributed by atoms with van der Waals surface area (Å²) in [6.45, 7) is 26.2. The van der Waals surface area contributed by atoms with Crippen molar-refractivity contribution in [2.24, 2.45) is 0 Å². The Morgan fingerprint density at radius 1 is 0.429 bits per heavy atom. The van der Waals surface area contributed by atoms with Crippen LogP contribution in [0.4, 0.5) is 0 Å². The molecular formula is C50H66O6. The van der Waals surface area contributed by atoms with Crippen LogP contribution in [0, 0.1) is 13.8 Å². The van der Waals surface area contributed by atoms with Gasteiger partial charge in [0.25, 0.3) is 0 Å². The van der Waals surface area contributed by atoms with E-state index in [9.17, 15) is 19.2 Å². The van der Waals surface area contributed by atoms with Crippen molar-refractivity contribution < 1.29 is 28.7 Å². The molecule has 0 N–H and O–H groups in total. The van der Waals surface area contributed by atoms with E-state index in [1.165, 1.54) is 13.8 Å². The van der Waals surface area contributed by atoms with Crippen LogP contribution < -0.4 is 9.47 Å². The largest absolute Gasteiger partial charge is 0.479 e. The van der Waals surface area contributed by atoms with Gasteiger partial charge in [0, 0.05) is 22.3 Å². The maximum Gasteiger partial charge on any atom is 0.193 e. The number of aryl methyl sites for hydroxylation is 2. The SMILES string of the molecule is CC.CC.CC.CC.CC(=O)C(C)Oc1cc(C)cc(C)c1OC(C)C(C)=O.O=C(c1ccccc1)c1ccccc1.O=C(c1ccccc1)c1ccccc1. The fourth-order valence-electron chi connectivity index (χ4n) is 4.38. The second-order valence-electron chi connectivity index (χ2n) is 11.3. The topological polar surface area (TPSA) is 86.7 Å². The first-order valence-corrected chi connectivity index (χ1v) is 19.7. The van der Waals surface area contributed by atoms with E-state index in [4.69, 9.17) is 9.47 Å². The van der Waals surface area contributed by atoms with Crippen molar-refractivity contribution in [2.75, 3.05) is 0 Å². The predicted octanol–water partition coefficient (Wildman–Crippen LogP) is 13.0. The summed E-state index contributed by atoms with van der Waals surface area (Å²) >= 11 is 0. The predicted molar refractivity (Wildman–Crippen MR) is 235 cm³/mol. The lowest BCUT2D eigenvalue weighted by Gasteiger charge is -2.20. The van der Waals surface area contributed by atoms with Crippen molar-refractivity contribution >= 4 is 23.1 Å². The van der Waals surface area contributed by atoms with E-state index in [-0.39, 0.29) is 23.1 Å². The average Bonchev–Trinajstić information content (AvgIpc) is 3.26. The first kappa shape index (κ1) is 52.5. The van der Waals surface area contributed by atoms with Crippen molar-refractivity contribution in [2.45, 2.75) is 109 Å². The molecule has 5 aromatic carbocycles. The van der Waals surface area contributed by atoms with E-state index in [1.54, 1.807) is 13.8 Å². The molecule has 0 amide bonds. The maximum absolute atomic E-state index is 11.8. The number of hydrogen-bond acceptors (Lipinski definition) is 6. The van der Waals surface area contributed by atoms with Gasteiger partial charge >= 0.3 is 0 Å². The number of carbonyl (C=O) groups excluding carboxylic acids is 4. The fraction of sp³-hybridized carbons (Fsp3) is 0.320. The third-order valence-corrected chi connectivity index (χ3v) is 7.27. The molecule has 5 aromatic rings. The van der Waals surface area contributed by atoms with Crippen LogP contribution in [0.15, 0.2) is 133 Å². The van der Waals surface area contributed by atoms with Gasteiger partial charge in [-0.2, -0.15) is 0 Å². The molecule has 6 nitrogen and oxygen atoms in total. The van der Waals surface area contributed by atoms with Crippen molar-refractivity contribution in [1.29, 1.82) is 0 Å². The Morgan fingerprint density at radius 3 is 0.964 bits per heavy atom. The lowest BCUT2D eigenvalue weighted by atomic mass is 10.0. The number of carbonyl (C=O) groups is 4. The van der Waals surface area contributed by atoms with Crippen molar-refractivity contribution in [3.05, 3.63) is 167 Å². The van der Waals surface area contributed by atoms with Crippen LogP contribution in [0.2, 0.25) is 0 Å². The third-order valence-electron chi connectivity index (χ3n) is 7.27. The summed E-state index contributed by atoms with van der Waals surface area (Å²) in [4.78, 5) is 46.4.